The van der Waals surface area contributed by atoms with Crippen LogP contribution in [0.1, 0.15) is 12.0 Å². The van der Waals surface area contributed by atoms with Gasteiger partial charge in [0.25, 0.3) is 0 Å². The predicted molar refractivity (Wildman–Crippen MR) is 103 cm³/mol. The molecule has 1 aliphatic heterocycles. The lowest BCUT2D eigenvalue weighted by Gasteiger charge is -2.28. The molecule has 3 rings (SSSR count). The second-order valence-corrected chi connectivity index (χ2v) is 7.55. The normalized spacial score (nSPS) is 21.3. The first-order valence-corrected chi connectivity index (χ1v) is 9.88. The molecule has 2 atom stereocenters. The van der Waals surface area contributed by atoms with Gasteiger partial charge in [0.05, 0.1) is 11.6 Å². The molecule has 0 amide bonds. The van der Waals surface area contributed by atoms with Crippen LogP contribution in [0.5, 0.6) is 5.75 Å². The number of carboxylic acids is 2. The van der Waals surface area contributed by atoms with Crippen molar-refractivity contribution in [3.05, 3.63) is 40.4 Å². The number of benzene rings is 2. The number of hydrogen-bond acceptors (Lipinski definition) is 5. The average molecular weight is 504 g/mol. The van der Waals surface area contributed by atoms with Crippen LogP contribution in [0.4, 0.5) is 0 Å². The molecule has 144 valence electrons. The second kappa shape index (κ2) is 7.75. The van der Waals surface area contributed by atoms with Crippen LogP contribution >= 0.6 is 31.9 Å². The average Bonchev–Trinajstić information content (AvgIpc) is 3.04. The molecule has 1 heterocycles. The zero-order chi connectivity index (χ0) is 19.8. The van der Waals surface area contributed by atoms with Crippen LogP contribution < -0.4 is 4.74 Å². The molecular formula is C18H16Br2O7. The highest BCUT2D eigenvalue weighted by molar-refractivity contribution is 9.10. The Morgan fingerprint density at radius 2 is 1.78 bits per heavy atom. The quantitative estimate of drug-likeness (QED) is 0.581. The summed E-state index contributed by atoms with van der Waals surface area (Å²) in [5.41, 5.74) is 0.543. The van der Waals surface area contributed by atoms with E-state index >= 15 is 0 Å². The van der Waals surface area contributed by atoms with E-state index in [-0.39, 0.29) is 6.42 Å². The van der Waals surface area contributed by atoms with Crippen molar-refractivity contribution >= 4 is 54.6 Å². The van der Waals surface area contributed by atoms with Gasteiger partial charge in [-0.3, -0.25) is 0 Å². The molecule has 0 spiro atoms. The largest absolute Gasteiger partial charge is 0.496 e. The Kier molecular flexibility index (Phi) is 5.76. The van der Waals surface area contributed by atoms with Crippen LogP contribution in [-0.2, 0) is 24.8 Å². The van der Waals surface area contributed by atoms with E-state index in [2.05, 4.69) is 31.9 Å². The van der Waals surface area contributed by atoms with E-state index in [0.29, 0.717) is 16.6 Å². The molecule has 0 radical (unpaired) electrons. The summed E-state index contributed by atoms with van der Waals surface area (Å²) >= 11 is 6.81. The summed E-state index contributed by atoms with van der Waals surface area (Å²) < 4.78 is 17.4. The minimum Gasteiger partial charge on any atom is -0.496 e. The van der Waals surface area contributed by atoms with E-state index < -0.39 is 29.9 Å². The fourth-order valence-corrected chi connectivity index (χ4v) is 4.29. The molecule has 7 nitrogen and oxygen atoms in total. The number of carboxylic acid groups (broad SMARTS) is 2. The monoisotopic (exact) mass is 502 g/mol. The van der Waals surface area contributed by atoms with E-state index in [0.717, 1.165) is 15.2 Å². The Balaban J connectivity index is 2.10. The van der Waals surface area contributed by atoms with Gasteiger partial charge in [-0.1, -0.05) is 34.1 Å². The molecular weight excluding hydrogens is 488 g/mol. The number of rotatable bonds is 6. The number of carbonyl (C=O) groups is 2. The van der Waals surface area contributed by atoms with Crippen molar-refractivity contribution in [1.82, 2.24) is 0 Å². The van der Waals surface area contributed by atoms with Crippen molar-refractivity contribution in [1.29, 1.82) is 0 Å². The molecule has 2 aromatic carbocycles. The molecule has 0 unspecified atom stereocenters. The van der Waals surface area contributed by atoms with Crippen LogP contribution in [0.15, 0.2) is 34.8 Å². The third-order valence-corrected chi connectivity index (χ3v) is 5.61. The van der Waals surface area contributed by atoms with Crippen molar-refractivity contribution in [3.63, 3.8) is 0 Å². The van der Waals surface area contributed by atoms with Gasteiger partial charge in [-0.2, -0.15) is 0 Å². The first kappa shape index (κ1) is 20.1. The summed E-state index contributed by atoms with van der Waals surface area (Å²) in [6.45, 7) is 0. The Hall–Kier alpha value is -1.68. The van der Waals surface area contributed by atoms with Gasteiger partial charge < -0.3 is 24.4 Å². The number of aliphatic carboxylic acids is 2. The molecule has 27 heavy (non-hydrogen) atoms. The lowest BCUT2D eigenvalue weighted by Crippen LogP contribution is -2.36. The van der Waals surface area contributed by atoms with Crippen LogP contribution in [0.3, 0.4) is 0 Å². The van der Waals surface area contributed by atoms with E-state index in [1.807, 2.05) is 12.1 Å². The van der Waals surface area contributed by atoms with Crippen LogP contribution in [0, 0.1) is 0 Å². The third kappa shape index (κ3) is 3.56. The van der Waals surface area contributed by atoms with Gasteiger partial charge in [0.15, 0.2) is 18.0 Å². The number of methoxy groups -OCH3 is 1. The van der Waals surface area contributed by atoms with E-state index in [1.54, 1.807) is 25.3 Å². The molecule has 0 aliphatic carbocycles. The van der Waals surface area contributed by atoms with Gasteiger partial charge in [0.1, 0.15) is 5.75 Å². The molecule has 2 aromatic rings. The van der Waals surface area contributed by atoms with Crippen molar-refractivity contribution in [2.75, 3.05) is 12.4 Å². The highest BCUT2D eigenvalue weighted by Gasteiger charge is 2.54. The van der Waals surface area contributed by atoms with Crippen LogP contribution in [0.2, 0.25) is 0 Å². The van der Waals surface area contributed by atoms with Gasteiger partial charge >= 0.3 is 11.9 Å². The fraction of sp³-hybridized carbons (Fsp3) is 0.333. The van der Waals surface area contributed by atoms with Crippen molar-refractivity contribution in [2.24, 2.45) is 0 Å². The molecule has 0 aromatic heterocycles. The maximum Gasteiger partial charge on any atom is 0.336 e. The maximum atomic E-state index is 11.5. The van der Waals surface area contributed by atoms with Crippen LogP contribution in [0.25, 0.3) is 10.8 Å². The summed E-state index contributed by atoms with van der Waals surface area (Å²) in [5, 5.41) is 20.8. The first-order chi connectivity index (χ1) is 12.8. The smallest absolute Gasteiger partial charge is 0.336 e. The second-order valence-electron chi connectivity index (χ2n) is 5.96. The number of alkyl halides is 1. The summed E-state index contributed by atoms with van der Waals surface area (Å²) in [5.74, 6) is -3.56. The summed E-state index contributed by atoms with van der Waals surface area (Å²) in [4.78, 5) is 22.9. The minimum absolute atomic E-state index is 0.239. The molecule has 0 saturated carbocycles. The van der Waals surface area contributed by atoms with Crippen molar-refractivity contribution in [3.8, 4) is 5.75 Å². The van der Waals surface area contributed by atoms with Gasteiger partial charge in [0.2, 0.25) is 0 Å². The van der Waals surface area contributed by atoms with E-state index in [9.17, 15) is 19.8 Å². The van der Waals surface area contributed by atoms with E-state index in [4.69, 9.17) is 14.2 Å². The Morgan fingerprint density at radius 1 is 1.15 bits per heavy atom. The highest BCUT2D eigenvalue weighted by Crippen LogP contribution is 2.43. The lowest BCUT2D eigenvalue weighted by molar-refractivity contribution is -0.194. The van der Waals surface area contributed by atoms with Gasteiger partial charge in [-0.15, -0.1) is 0 Å². The Morgan fingerprint density at radius 3 is 2.30 bits per heavy atom. The Labute approximate surface area is 171 Å². The number of hydrogen-bond donors (Lipinski definition) is 2. The zero-order valence-corrected chi connectivity index (χ0v) is 17.3. The third-order valence-electron chi connectivity index (χ3n) is 4.40. The molecule has 1 aliphatic rings. The molecule has 2 N–H and O–H groups in total. The van der Waals surface area contributed by atoms with E-state index in [1.165, 1.54) is 0 Å². The molecule has 0 bridgehead atoms. The lowest BCUT2D eigenvalue weighted by atomic mass is 9.99. The molecule has 9 heteroatoms. The SMILES string of the molecule is COc1ccc2cc(C3(CCBr)O[C@@H](C(=O)O)[C@H](C(=O)O)O3)ccc2c1Br. The minimum atomic E-state index is -1.60. The summed E-state index contributed by atoms with van der Waals surface area (Å²) in [6, 6.07) is 9.00. The standard InChI is InChI=1S/C18H16Br2O7/c1-25-12-5-2-9-8-10(3-4-11(9)13(12)20)18(6-7-19)26-14(16(21)22)15(27-18)17(23)24/h2-5,8,14-15H,6-7H2,1H3,(H,21,22)(H,23,24)/t14-,15-/m1/s1. The van der Waals surface area contributed by atoms with Crippen LogP contribution in [-0.4, -0.2) is 46.8 Å². The fourth-order valence-electron chi connectivity index (χ4n) is 3.11. The summed E-state index contributed by atoms with van der Waals surface area (Å²) in [6.07, 6.45) is -2.96. The Bertz CT molecular complexity index is 877. The summed E-state index contributed by atoms with van der Waals surface area (Å²) in [7, 11) is 1.57. The van der Waals surface area contributed by atoms with Crippen molar-refractivity contribution < 1.29 is 34.0 Å². The number of halogens is 2. The first-order valence-electron chi connectivity index (χ1n) is 7.97. The van der Waals surface area contributed by atoms with Gasteiger partial charge in [0, 0.05) is 17.3 Å². The predicted octanol–water partition coefficient (Wildman–Crippen LogP) is 3.50. The highest BCUT2D eigenvalue weighted by atomic mass is 79.9. The molecule has 1 saturated heterocycles. The molecule has 1 fully saturated rings. The van der Waals surface area contributed by atoms with Crippen molar-refractivity contribution in [2.45, 2.75) is 24.4 Å². The van der Waals surface area contributed by atoms with Gasteiger partial charge in [-0.05, 0) is 38.8 Å². The maximum absolute atomic E-state index is 11.5. The zero-order valence-electron chi connectivity index (χ0n) is 14.1. The topological polar surface area (TPSA) is 102 Å². The number of ether oxygens (including phenoxy) is 3. The number of fused-ring (bicyclic) bond motifs is 1. The van der Waals surface area contributed by atoms with Gasteiger partial charge in [-0.25, -0.2) is 9.59 Å².